The zero-order valence-corrected chi connectivity index (χ0v) is 17.9. The number of primary amides is 1. The first-order valence-corrected chi connectivity index (χ1v) is 10.5. The molecular weight excluding hydrogens is 429 g/mol. The fourth-order valence-electron chi connectivity index (χ4n) is 4.12. The first-order valence-electron chi connectivity index (χ1n) is 9.72. The van der Waals surface area contributed by atoms with E-state index in [-0.39, 0.29) is 0 Å². The summed E-state index contributed by atoms with van der Waals surface area (Å²) in [5, 5.41) is 2.96. The van der Waals surface area contributed by atoms with Gasteiger partial charge in [0.05, 0.1) is 11.0 Å². The summed E-state index contributed by atoms with van der Waals surface area (Å²) in [6.07, 6.45) is 3.54. The highest BCUT2D eigenvalue weighted by Crippen LogP contribution is 2.39. The average molecular weight is 446 g/mol. The minimum atomic E-state index is -0.452. The van der Waals surface area contributed by atoms with E-state index in [2.05, 4.69) is 15.6 Å². The Balaban J connectivity index is 1.84. The lowest BCUT2D eigenvalue weighted by atomic mass is 10.0. The van der Waals surface area contributed by atoms with Gasteiger partial charge in [-0.3, -0.25) is 9.78 Å². The first-order chi connectivity index (χ1) is 15.0. The number of nitrogens with two attached hydrogens (primary N) is 1. The predicted octanol–water partition coefficient (Wildman–Crippen LogP) is 6.31. The van der Waals surface area contributed by atoms with Crippen LogP contribution in [0.1, 0.15) is 15.9 Å². The second-order valence-corrected chi connectivity index (χ2v) is 8.15. The molecule has 1 amide bonds. The van der Waals surface area contributed by atoms with E-state index in [4.69, 9.17) is 28.9 Å². The van der Waals surface area contributed by atoms with Crippen molar-refractivity contribution >= 4 is 50.9 Å². The monoisotopic (exact) mass is 445 g/mol. The molecule has 31 heavy (non-hydrogen) atoms. The summed E-state index contributed by atoms with van der Waals surface area (Å²) >= 11 is 12.9. The molecule has 0 fully saturated rings. The van der Waals surface area contributed by atoms with E-state index in [1.807, 2.05) is 54.6 Å². The summed E-state index contributed by atoms with van der Waals surface area (Å²) in [6.45, 7) is 0.616. The molecule has 0 spiro atoms. The van der Waals surface area contributed by atoms with Crippen LogP contribution in [-0.4, -0.2) is 15.5 Å². The zero-order valence-electron chi connectivity index (χ0n) is 16.3. The Kier molecular flexibility index (Phi) is 4.89. The molecule has 5 aromatic rings. The van der Waals surface area contributed by atoms with E-state index in [0.29, 0.717) is 22.2 Å². The maximum Gasteiger partial charge on any atom is 0.249 e. The number of carbonyl (C=O) groups excluding carboxylic acids is 1. The van der Waals surface area contributed by atoms with E-state index in [1.165, 1.54) is 0 Å². The fourth-order valence-corrected chi connectivity index (χ4v) is 4.74. The van der Waals surface area contributed by atoms with Gasteiger partial charge in [-0.05, 0) is 53.6 Å². The number of amides is 1. The number of aromatic nitrogens is 2. The Morgan fingerprint density at radius 3 is 2.32 bits per heavy atom. The summed E-state index contributed by atoms with van der Waals surface area (Å²) < 4.78 is 2.18. The minimum Gasteiger partial charge on any atom is -0.366 e. The van der Waals surface area contributed by atoms with Crippen LogP contribution in [0.3, 0.4) is 0 Å². The second kappa shape index (κ2) is 7.73. The van der Waals surface area contributed by atoms with Crippen molar-refractivity contribution in [3.05, 3.63) is 100 Å². The number of nitrogens with zero attached hydrogens (tertiary/aromatic N) is 2. The van der Waals surface area contributed by atoms with Crippen molar-refractivity contribution in [2.45, 2.75) is 6.54 Å². The number of benzene rings is 3. The molecule has 0 bridgehead atoms. The molecule has 0 saturated carbocycles. The molecule has 2 aromatic heterocycles. The van der Waals surface area contributed by atoms with Crippen LogP contribution in [0.15, 0.2) is 79.1 Å². The molecule has 4 nitrogen and oxygen atoms in total. The van der Waals surface area contributed by atoms with Crippen molar-refractivity contribution in [3.63, 3.8) is 0 Å². The molecule has 2 N–H and O–H groups in total. The average Bonchev–Trinajstić information content (AvgIpc) is 3.07. The molecule has 0 aliphatic rings. The first kappa shape index (κ1) is 19.6. The highest BCUT2D eigenvalue weighted by Gasteiger charge is 2.18. The van der Waals surface area contributed by atoms with E-state index in [0.717, 1.165) is 38.5 Å². The number of rotatable bonds is 4. The zero-order chi connectivity index (χ0) is 21.5. The number of hydrogen-bond acceptors (Lipinski definition) is 2. The molecule has 0 atom stereocenters. The molecule has 2 heterocycles. The maximum absolute atomic E-state index is 12.2. The molecule has 0 radical (unpaired) electrons. The van der Waals surface area contributed by atoms with Gasteiger partial charge in [0.15, 0.2) is 0 Å². The maximum atomic E-state index is 12.2. The molecule has 152 valence electrons. The smallest absolute Gasteiger partial charge is 0.249 e. The Bertz CT molecular complexity index is 1440. The highest BCUT2D eigenvalue weighted by molar-refractivity contribution is 6.39. The number of pyridine rings is 1. The van der Waals surface area contributed by atoms with Crippen LogP contribution in [0.25, 0.3) is 32.9 Å². The topological polar surface area (TPSA) is 60.9 Å². The van der Waals surface area contributed by atoms with Crippen molar-refractivity contribution in [2.24, 2.45) is 5.73 Å². The normalized spacial score (nSPS) is 11.3. The molecule has 5 rings (SSSR count). The summed E-state index contributed by atoms with van der Waals surface area (Å²) in [5.74, 6) is -0.452. The number of fused-ring (bicyclic) bond motifs is 3. The second-order valence-electron chi connectivity index (χ2n) is 7.33. The quantitative estimate of drug-likeness (QED) is 0.352. The van der Waals surface area contributed by atoms with Gasteiger partial charge in [-0.25, -0.2) is 0 Å². The Hall–Kier alpha value is -3.34. The lowest BCUT2D eigenvalue weighted by molar-refractivity contribution is 0.100. The van der Waals surface area contributed by atoms with Crippen LogP contribution in [0, 0.1) is 0 Å². The van der Waals surface area contributed by atoms with Crippen molar-refractivity contribution in [1.82, 2.24) is 9.55 Å². The van der Waals surface area contributed by atoms with Crippen molar-refractivity contribution < 1.29 is 4.79 Å². The van der Waals surface area contributed by atoms with Gasteiger partial charge < -0.3 is 10.3 Å². The number of halogens is 2. The predicted molar refractivity (Wildman–Crippen MR) is 127 cm³/mol. The van der Waals surface area contributed by atoms with Crippen molar-refractivity contribution in [1.29, 1.82) is 0 Å². The van der Waals surface area contributed by atoms with E-state index in [1.54, 1.807) is 18.5 Å². The summed E-state index contributed by atoms with van der Waals surface area (Å²) in [6, 6.07) is 21.1. The van der Waals surface area contributed by atoms with E-state index < -0.39 is 5.91 Å². The Morgan fingerprint density at radius 2 is 1.61 bits per heavy atom. The highest BCUT2D eigenvalue weighted by atomic mass is 35.5. The summed E-state index contributed by atoms with van der Waals surface area (Å²) in [7, 11) is 0. The van der Waals surface area contributed by atoms with Gasteiger partial charge in [-0.15, -0.1) is 0 Å². The van der Waals surface area contributed by atoms with E-state index in [9.17, 15) is 4.79 Å². The molecule has 3 aromatic carbocycles. The molecule has 6 heteroatoms. The third-order valence-electron chi connectivity index (χ3n) is 5.50. The molecule has 0 aliphatic carbocycles. The number of hydrogen-bond donors (Lipinski definition) is 1. The van der Waals surface area contributed by atoms with E-state index >= 15 is 0 Å². The lowest BCUT2D eigenvalue weighted by Gasteiger charge is -2.10. The van der Waals surface area contributed by atoms with Crippen LogP contribution >= 0.6 is 23.2 Å². The summed E-state index contributed by atoms with van der Waals surface area (Å²) in [4.78, 5) is 16.3. The van der Waals surface area contributed by atoms with Crippen LogP contribution in [0.2, 0.25) is 10.0 Å². The standard InChI is InChI=1S/C25H17Cl2N3O/c26-19-4-2-5-20(27)23(19)16-7-8-17-22(13-16)30(14-15-9-11-29-12-10-15)21-6-1-3-18(24(17)21)25(28)31/h1-13H,14H2,(H2,28,31). The molecular formula is C25H17Cl2N3O. The van der Waals surface area contributed by atoms with Gasteiger partial charge in [0, 0.05) is 50.9 Å². The van der Waals surface area contributed by atoms with Crippen molar-refractivity contribution in [2.75, 3.05) is 0 Å². The molecule has 0 unspecified atom stereocenters. The van der Waals surface area contributed by atoms with Gasteiger partial charge >= 0.3 is 0 Å². The largest absolute Gasteiger partial charge is 0.366 e. The number of carbonyl (C=O) groups is 1. The summed E-state index contributed by atoms with van der Waals surface area (Å²) in [5.41, 5.74) is 10.9. The van der Waals surface area contributed by atoms with Gasteiger partial charge in [-0.1, -0.05) is 47.5 Å². The third kappa shape index (κ3) is 3.34. The molecule has 0 aliphatic heterocycles. The van der Waals surface area contributed by atoms with Crippen LogP contribution in [0.4, 0.5) is 0 Å². The van der Waals surface area contributed by atoms with Gasteiger partial charge in [0.25, 0.3) is 0 Å². The SMILES string of the molecule is NC(=O)c1cccc2c1c1ccc(-c3c(Cl)cccc3Cl)cc1n2Cc1ccncc1. The van der Waals surface area contributed by atoms with Gasteiger partial charge in [0.1, 0.15) is 0 Å². The van der Waals surface area contributed by atoms with Crippen molar-refractivity contribution in [3.8, 4) is 11.1 Å². The Labute approximate surface area is 188 Å². The Morgan fingerprint density at radius 1 is 0.903 bits per heavy atom. The van der Waals surface area contributed by atoms with Gasteiger partial charge in [0.2, 0.25) is 5.91 Å². The molecule has 0 saturated heterocycles. The minimum absolute atomic E-state index is 0.452. The fraction of sp³-hybridized carbons (Fsp3) is 0.0400. The van der Waals surface area contributed by atoms with Crippen LogP contribution in [0.5, 0.6) is 0 Å². The third-order valence-corrected chi connectivity index (χ3v) is 6.13. The van der Waals surface area contributed by atoms with Crippen LogP contribution < -0.4 is 5.73 Å². The van der Waals surface area contributed by atoms with Crippen LogP contribution in [-0.2, 0) is 6.54 Å². The van der Waals surface area contributed by atoms with Gasteiger partial charge in [-0.2, -0.15) is 0 Å². The lowest BCUT2D eigenvalue weighted by Crippen LogP contribution is -2.11.